The van der Waals surface area contributed by atoms with Gasteiger partial charge in [-0.2, -0.15) is 15.2 Å². The van der Waals surface area contributed by atoms with E-state index in [-0.39, 0.29) is 0 Å². The Balaban J connectivity index is 1.52. The number of aromatic nitrogens is 6. The first-order valence-corrected chi connectivity index (χ1v) is 7.77. The van der Waals surface area contributed by atoms with Crippen molar-refractivity contribution in [3.8, 4) is 28.8 Å². The highest BCUT2D eigenvalue weighted by molar-refractivity contribution is 5.91. The van der Waals surface area contributed by atoms with Crippen molar-refractivity contribution in [1.29, 1.82) is 0 Å². The Morgan fingerprint density at radius 1 is 0.920 bits per heavy atom. The first-order valence-electron chi connectivity index (χ1n) is 7.77. The van der Waals surface area contributed by atoms with E-state index in [9.17, 15) is 0 Å². The number of benzene rings is 2. The zero-order chi connectivity index (χ0) is 16.6. The Kier molecular flexibility index (Phi) is 2.96. The number of nitrogens with zero attached hydrogens (tertiary/aromatic N) is 5. The first-order chi connectivity index (χ1) is 12.4. The standard InChI is InChI=1S/C18H12N6O/c1-2-6-12(7-3-1)24-11-10-15(22-24)18-19-17(23-25-18)16-13-8-4-5-9-14(13)20-21-16/h1-11H,(H,20,21). The summed E-state index contributed by atoms with van der Waals surface area (Å²) in [5.74, 6) is 0.790. The van der Waals surface area contributed by atoms with Crippen LogP contribution in [-0.2, 0) is 0 Å². The van der Waals surface area contributed by atoms with Crippen LogP contribution in [0.25, 0.3) is 39.7 Å². The molecule has 5 aromatic rings. The van der Waals surface area contributed by atoms with Crippen LogP contribution >= 0.6 is 0 Å². The normalized spacial score (nSPS) is 11.2. The summed E-state index contributed by atoms with van der Waals surface area (Å²) in [6, 6.07) is 19.5. The van der Waals surface area contributed by atoms with Crippen molar-refractivity contribution in [2.24, 2.45) is 0 Å². The summed E-state index contributed by atoms with van der Waals surface area (Å²) in [5.41, 5.74) is 3.17. The lowest BCUT2D eigenvalue weighted by molar-refractivity contribution is 0.430. The number of rotatable bonds is 3. The summed E-state index contributed by atoms with van der Waals surface area (Å²) in [4.78, 5) is 4.44. The SMILES string of the molecule is c1ccc(-n2ccc(-c3nc(-c4n[nH]c5ccccc45)no3)n2)cc1. The van der Waals surface area contributed by atoms with E-state index in [1.807, 2.05) is 66.9 Å². The summed E-state index contributed by atoms with van der Waals surface area (Å²) < 4.78 is 7.15. The number of nitrogens with one attached hydrogen (secondary N) is 1. The summed E-state index contributed by atoms with van der Waals surface area (Å²) >= 11 is 0. The topological polar surface area (TPSA) is 85.4 Å². The average Bonchev–Trinajstić information content (AvgIpc) is 3.40. The van der Waals surface area contributed by atoms with Gasteiger partial charge in [-0.25, -0.2) is 4.68 Å². The molecule has 1 N–H and O–H groups in total. The summed E-state index contributed by atoms with van der Waals surface area (Å²) in [6.07, 6.45) is 1.86. The quantitative estimate of drug-likeness (QED) is 0.548. The maximum atomic E-state index is 5.38. The van der Waals surface area contributed by atoms with Crippen molar-refractivity contribution in [2.45, 2.75) is 0 Å². The molecule has 0 aliphatic carbocycles. The van der Waals surface area contributed by atoms with E-state index >= 15 is 0 Å². The minimum atomic E-state index is 0.358. The maximum absolute atomic E-state index is 5.38. The zero-order valence-corrected chi connectivity index (χ0v) is 13.0. The van der Waals surface area contributed by atoms with E-state index < -0.39 is 0 Å². The maximum Gasteiger partial charge on any atom is 0.278 e. The van der Waals surface area contributed by atoms with Crippen LogP contribution in [0.4, 0.5) is 0 Å². The molecule has 5 rings (SSSR count). The molecule has 0 saturated heterocycles. The predicted octanol–water partition coefficient (Wildman–Crippen LogP) is 3.47. The first kappa shape index (κ1) is 13.7. The molecule has 7 heteroatoms. The number of para-hydroxylation sites is 2. The van der Waals surface area contributed by atoms with E-state index in [0.29, 0.717) is 23.1 Å². The lowest BCUT2D eigenvalue weighted by Crippen LogP contribution is -1.94. The third-order valence-electron chi connectivity index (χ3n) is 3.94. The molecule has 3 aromatic heterocycles. The fourth-order valence-electron chi connectivity index (χ4n) is 2.72. The van der Waals surface area contributed by atoms with Gasteiger partial charge in [0, 0.05) is 11.6 Å². The molecule has 3 heterocycles. The minimum absolute atomic E-state index is 0.358. The molecule has 120 valence electrons. The molecule has 7 nitrogen and oxygen atoms in total. The monoisotopic (exact) mass is 328 g/mol. The van der Waals surface area contributed by atoms with Gasteiger partial charge in [0.1, 0.15) is 5.69 Å². The number of hydrogen-bond donors (Lipinski definition) is 1. The van der Waals surface area contributed by atoms with E-state index in [4.69, 9.17) is 4.52 Å². The highest BCUT2D eigenvalue weighted by Gasteiger charge is 2.17. The lowest BCUT2D eigenvalue weighted by Gasteiger charge is -1.98. The molecule has 0 aliphatic heterocycles. The molecule has 0 radical (unpaired) electrons. The molecule has 25 heavy (non-hydrogen) atoms. The number of fused-ring (bicyclic) bond motifs is 1. The van der Waals surface area contributed by atoms with Crippen molar-refractivity contribution in [2.75, 3.05) is 0 Å². The van der Waals surface area contributed by atoms with Gasteiger partial charge in [-0.3, -0.25) is 5.10 Å². The lowest BCUT2D eigenvalue weighted by atomic mass is 10.2. The van der Waals surface area contributed by atoms with Crippen molar-refractivity contribution in [3.05, 3.63) is 66.9 Å². The molecule has 0 bridgehead atoms. The Morgan fingerprint density at radius 3 is 2.68 bits per heavy atom. The Morgan fingerprint density at radius 2 is 1.76 bits per heavy atom. The smallest absolute Gasteiger partial charge is 0.278 e. The van der Waals surface area contributed by atoms with Gasteiger partial charge in [-0.1, -0.05) is 41.6 Å². The van der Waals surface area contributed by atoms with Gasteiger partial charge in [-0.05, 0) is 24.3 Å². The Bertz CT molecular complexity index is 1150. The van der Waals surface area contributed by atoms with Gasteiger partial charge in [0.25, 0.3) is 5.89 Å². The molecular formula is C18H12N6O. The average molecular weight is 328 g/mol. The van der Waals surface area contributed by atoms with Crippen LogP contribution in [-0.4, -0.2) is 30.1 Å². The molecule has 0 amide bonds. The molecule has 2 aromatic carbocycles. The van der Waals surface area contributed by atoms with Gasteiger partial charge < -0.3 is 4.52 Å². The molecule has 0 fully saturated rings. The predicted molar refractivity (Wildman–Crippen MR) is 91.9 cm³/mol. The number of H-pyrrole nitrogens is 1. The van der Waals surface area contributed by atoms with Crippen LogP contribution < -0.4 is 0 Å². The van der Waals surface area contributed by atoms with Crippen LogP contribution in [0.2, 0.25) is 0 Å². The van der Waals surface area contributed by atoms with E-state index in [2.05, 4.69) is 25.4 Å². The molecular weight excluding hydrogens is 316 g/mol. The molecule has 0 unspecified atom stereocenters. The van der Waals surface area contributed by atoms with Gasteiger partial charge in [0.15, 0.2) is 5.69 Å². The second-order valence-corrected chi connectivity index (χ2v) is 5.52. The fraction of sp³-hybridized carbons (Fsp3) is 0. The second-order valence-electron chi connectivity index (χ2n) is 5.52. The van der Waals surface area contributed by atoms with E-state index in [1.54, 1.807) is 4.68 Å². The summed E-state index contributed by atoms with van der Waals surface area (Å²) in [5, 5.41) is 16.8. The van der Waals surface area contributed by atoms with Crippen molar-refractivity contribution in [1.82, 2.24) is 30.1 Å². The largest absolute Gasteiger partial charge is 0.332 e. The van der Waals surface area contributed by atoms with Crippen molar-refractivity contribution >= 4 is 10.9 Å². The number of hydrogen-bond acceptors (Lipinski definition) is 5. The molecule has 0 spiro atoms. The summed E-state index contributed by atoms with van der Waals surface area (Å²) in [6.45, 7) is 0. The van der Waals surface area contributed by atoms with Crippen LogP contribution in [0.15, 0.2) is 71.4 Å². The van der Waals surface area contributed by atoms with Crippen LogP contribution in [0.1, 0.15) is 0 Å². The van der Waals surface area contributed by atoms with Crippen LogP contribution in [0, 0.1) is 0 Å². The molecule has 0 saturated carbocycles. The van der Waals surface area contributed by atoms with Crippen molar-refractivity contribution < 1.29 is 4.52 Å². The molecule has 0 aliphatic rings. The highest BCUT2D eigenvalue weighted by Crippen LogP contribution is 2.26. The van der Waals surface area contributed by atoms with Gasteiger partial charge >= 0.3 is 0 Å². The summed E-state index contributed by atoms with van der Waals surface area (Å²) in [7, 11) is 0. The van der Waals surface area contributed by atoms with E-state index in [1.165, 1.54) is 0 Å². The van der Waals surface area contributed by atoms with Crippen molar-refractivity contribution in [3.63, 3.8) is 0 Å². The second kappa shape index (κ2) is 5.41. The van der Waals surface area contributed by atoms with E-state index in [0.717, 1.165) is 16.6 Å². The third-order valence-corrected chi connectivity index (χ3v) is 3.94. The number of aromatic amines is 1. The van der Waals surface area contributed by atoms with Gasteiger partial charge in [0.2, 0.25) is 5.82 Å². The third kappa shape index (κ3) is 2.29. The van der Waals surface area contributed by atoms with Crippen LogP contribution in [0.5, 0.6) is 0 Å². The highest BCUT2D eigenvalue weighted by atomic mass is 16.5. The molecule has 0 atom stereocenters. The minimum Gasteiger partial charge on any atom is -0.332 e. The Labute approximate surface area is 141 Å². The fourth-order valence-corrected chi connectivity index (χ4v) is 2.72. The Hall–Kier alpha value is -3.74. The zero-order valence-electron chi connectivity index (χ0n) is 13.0. The van der Waals surface area contributed by atoms with Gasteiger partial charge in [-0.15, -0.1) is 0 Å². The van der Waals surface area contributed by atoms with Gasteiger partial charge in [0.05, 0.1) is 11.2 Å². The van der Waals surface area contributed by atoms with Crippen LogP contribution in [0.3, 0.4) is 0 Å².